The molecule has 1 fully saturated rings. The SMILES string of the molecule is O=C(Nc1ccc(Cl)cc1)C1OCOC1C(=O)Nc1ccc(-n2ccccc2=O)cc1. The van der Waals surface area contributed by atoms with Crippen molar-refractivity contribution in [2.75, 3.05) is 17.4 Å². The monoisotopic (exact) mass is 439 g/mol. The van der Waals surface area contributed by atoms with Crippen molar-refractivity contribution < 1.29 is 19.1 Å². The third-order valence-corrected chi connectivity index (χ3v) is 4.89. The third kappa shape index (κ3) is 4.83. The molecule has 31 heavy (non-hydrogen) atoms. The number of carbonyl (C=O) groups excluding carboxylic acids is 2. The van der Waals surface area contributed by atoms with Crippen molar-refractivity contribution in [1.82, 2.24) is 4.57 Å². The summed E-state index contributed by atoms with van der Waals surface area (Å²) in [6, 6.07) is 18.2. The average Bonchev–Trinajstić information content (AvgIpc) is 3.27. The number of nitrogens with one attached hydrogen (secondary N) is 2. The number of rotatable bonds is 5. The number of ether oxygens (including phenoxy) is 2. The van der Waals surface area contributed by atoms with E-state index in [1.807, 2.05) is 0 Å². The number of benzene rings is 2. The van der Waals surface area contributed by atoms with Gasteiger partial charge in [0.1, 0.15) is 6.79 Å². The van der Waals surface area contributed by atoms with Crippen LogP contribution in [0.15, 0.2) is 77.7 Å². The van der Waals surface area contributed by atoms with Gasteiger partial charge in [-0.1, -0.05) is 17.7 Å². The number of hydrogen-bond donors (Lipinski definition) is 2. The van der Waals surface area contributed by atoms with Crippen molar-refractivity contribution in [2.45, 2.75) is 12.2 Å². The molecule has 158 valence electrons. The molecule has 0 saturated carbocycles. The summed E-state index contributed by atoms with van der Waals surface area (Å²) in [6.45, 7) is -0.174. The molecule has 4 rings (SSSR count). The molecule has 8 nitrogen and oxygen atoms in total. The molecule has 2 aromatic carbocycles. The highest BCUT2D eigenvalue weighted by Gasteiger charge is 2.40. The van der Waals surface area contributed by atoms with Crippen LogP contribution in [0.25, 0.3) is 5.69 Å². The smallest absolute Gasteiger partial charge is 0.256 e. The maximum Gasteiger partial charge on any atom is 0.256 e. The molecule has 2 heterocycles. The predicted octanol–water partition coefficient (Wildman–Crippen LogP) is 2.81. The highest BCUT2D eigenvalue weighted by Crippen LogP contribution is 2.20. The molecule has 1 aliphatic rings. The van der Waals surface area contributed by atoms with Gasteiger partial charge in [0, 0.05) is 34.3 Å². The van der Waals surface area contributed by atoms with E-state index >= 15 is 0 Å². The lowest BCUT2D eigenvalue weighted by atomic mass is 10.1. The number of hydrogen-bond acceptors (Lipinski definition) is 5. The van der Waals surface area contributed by atoms with Gasteiger partial charge in [-0.3, -0.25) is 19.0 Å². The zero-order valence-electron chi connectivity index (χ0n) is 16.2. The molecular weight excluding hydrogens is 422 g/mol. The van der Waals surface area contributed by atoms with Crippen LogP contribution in [0.4, 0.5) is 11.4 Å². The maximum absolute atomic E-state index is 12.7. The van der Waals surface area contributed by atoms with Crippen molar-refractivity contribution in [3.8, 4) is 5.69 Å². The molecule has 1 aliphatic heterocycles. The van der Waals surface area contributed by atoms with E-state index in [2.05, 4.69) is 10.6 Å². The van der Waals surface area contributed by atoms with Crippen molar-refractivity contribution in [3.05, 3.63) is 88.3 Å². The zero-order valence-corrected chi connectivity index (χ0v) is 16.9. The Balaban J connectivity index is 1.41. The second-order valence-corrected chi connectivity index (χ2v) is 7.17. The van der Waals surface area contributed by atoms with E-state index in [0.29, 0.717) is 22.1 Å². The van der Waals surface area contributed by atoms with Gasteiger partial charge in [0.25, 0.3) is 17.4 Å². The lowest BCUT2D eigenvalue weighted by Crippen LogP contribution is -2.43. The Hall–Kier alpha value is -3.46. The van der Waals surface area contributed by atoms with Crippen molar-refractivity contribution >= 4 is 34.8 Å². The molecule has 9 heteroatoms. The summed E-state index contributed by atoms with van der Waals surface area (Å²) in [5, 5.41) is 5.92. The summed E-state index contributed by atoms with van der Waals surface area (Å²) in [5.74, 6) is -1.02. The fraction of sp³-hybridized carbons (Fsp3) is 0.136. The molecule has 2 N–H and O–H groups in total. The molecule has 1 aromatic heterocycles. The van der Waals surface area contributed by atoms with Gasteiger partial charge in [0.2, 0.25) is 0 Å². The van der Waals surface area contributed by atoms with Gasteiger partial charge in [-0.05, 0) is 54.6 Å². The number of nitrogens with zero attached hydrogens (tertiary/aromatic N) is 1. The summed E-state index contributed by atoms with van der Waals surface area (Å²) >= 11 is 5.84. The summed E-state index contributed by atoms with van der Waals surface area (Å²) < 4.78 is 12.1. The number of amides is 2. The Morgan fingerprint density at radius 2 is 1.39 bits per heavy atom. The first-order valence-electron chi connectivity index (χ1n) is 9.40. The van der Waals surface area contributed by atoms with E-state index < -0.39 is 24.0 Å². The Morgan fingerprint density at radius 1 is 0.839 bits per heavy atom. The minimum absolute atomic E-state index is 0.162. The van der Waals surface area contributed by atoms with Crippen LogP contribution in [0.2, 0.25) is 5.02 Å². The summed E-state index contributed by atoms with van der Waals surface area (Å²) in [5.41, 5.74) is 1.51. The van der Waals surface area contributed by atoms with Gasteiger partial charge in [-0.2, -0.15) is 0 Å². The maximum atomic E-state index is 12.7. The highest BCUT2D eigenvalue weighted by molar-refractivity contribution is 6.30. The first kappa shape index (κ1) is 20.8. The minimum Gasteiger partial charge on any atom is -0.339 e. The first-order valence-corrected chi connectivity index (χ1v) is 9.78. The minimum atomic E-state index is -1.11. The topological polar surface area (TPSA) is 98.7 Å². The van der Waals surface area contributed by atoms with Crippen molar-refractivity contribution in [1.29, 1.82) is 0 Å². The van der Waals surface area contributed by atoms with Crippen LogP contribution in [0, 0.1) is 0 Å². The van der Waals surface area contributed by atoms with Crippen LogP contribution >= 0.6 is 11.6 Å². The Kier molecular flexibility index (Phi) is 6.13. The van der Waals surface area contributed by atoms with Gasteiger partial charge < -0.3 is 20.1 Å². The van der Waals surface area contributed by atoms with Crippen LogP contribution in [0.3, 0.4) is 0 Å². The Labute approximate surface area is 182 Å². The van der Waals surface area contributed by atoms with Gasteiger partial charge >= 0.3 is 0 Å². The quantitative estimate of drug-likeness (QED) is 0.637. The number of pyridine rings is 1. The fourth-order valence-electron chi connectivity index (χ4n) is 3.09. The molecular formula is C22H18ClN3O5. The molecule has 0 radical (unpaired) electrons. The lowest BCUT2D eigenvalue weighted by molar-refractivity contribution is -0.131. The lowest BCUT2D eigenvalue weighted by Gasteiger charge is -2.17. The molecule has 0 aliphatic carbocycles. The predicted molar refractivity (Wildman–Crippen MR) is 115 cm³/mol. The van der Waals surface area contributed by atoms with Gasteiger partial charge in [0.05, 0.1) is 0 Å². The number of aromatic nitrogens is 1. The molecule has 1 saturated heterocycles. The molecule has 0 spiro atoms. The van der Waals surface area contributed by atoms with E-state index in [-0.39, 0.29) is 12.4 Å². The van der Waals surface area contributed by atoms with Gasteiger partial charge in [0.15, 0.2) is 12.2 Å². The van der Waals surface area contributed by atoms with Crippen LogP contribution in [-0.2, 0) is 19.1 Å². The summed E-state index contributed by atoms with van der Waals surface area (Å²) in [4.78, 5) is 37.1. The largest absolute Gasteiger partial charge is 0.339 e. The van der Waals surface area contributed by atoms with Crippen molar-refractivity contribution in [3.63, 3.8) is 0 Å². The average molecular weight is 440 g/mol. The zero-order chi connectivity index (χ0) is 21.8. The third-order valence-electron chi connectivity index (χ3n) is 4.63. The van der Waals surface area contributed by atoms with Crippen LogP contribution in [0.1, 0.15) is 0 Å². The van der Waals surface area contributed by atoms with Crippen LogP contribution in [0.5, 0.6) is 0 Å². The van der Waals surface area contributed by atoms with E-state index in [4.69, 9.17) is 21.1 Å². The van der Waals surface area contributed by atoms with E-state index in [1.165, 1.54) is 10.6 Å². The van der Waals surface area contributed by atoms with Gasteiger partial charge in [-0.25, -0.2) is 0 Å². The molecule has 2 amide bonds. The van der Waals surface area contributed by atoms with Crippen molar-refractivity contribution in [2.24, 2.45) is 0 Å². The summed E-state index contributed by atoms with van der Waals surface area (Å²) in [7, 11) is 0. The van der Waals surface area contributed by atoms with E-state index in [1.54, 1.807) is 66.9 Å². The second kappa shape index (κ2) is 9.13. The van der Waals surface area contributed by atoms with Crippen LogP contribution in [-0.4, -0.2) is 35.4 Å². The normalized spacial score (nSPS) is 17.8. The molecule has 2 unspecified atom stereocenters. The first-order chi connectivity index (χ1) is 15.0. The standard InChI is InChI=1S/C22H18ClN3O5/c23-14-4-6-15(7-5-14)24-21(28)19-20(31-13-30-19)22(29)25-16-8-10-17(11-9-16)26-12-2-1-3-18(26)27/h1-12,19-20H,13H2,(H,24,28)(H,25,29). The number of carbonyl (C=O) groups is 2. The number of halogens is 1. The number of anilines is 2. The summed E-state index contributed by atoms with van der Waals surface area (Å²) in [6.07, 6.45) is -0.551. The van der Waals surface area contributed by atoms with E-state index in [0.717, 1.165) is 0 Å². The fourth-order valence-corrected chi connectivity index (χ4v) is 3.22. The Morgan fingerprint density at radius 3 is 1.94 bits per heavy atom. The second-order valence-electron chi connectivity index (χ2n) is 6.73. The Bertz CT molecular complexity index is 1140. The molecule has 3 aromatic rings. The van der Waals surface area contributed by atoms with Gasteiger partial charge in [-0.15, -0.1) is 0 Å². The molecule has 2 atom stereocenters. The molecule has 0 bridgehead atoms. The highest BCUT2D eigenvalue weighted by atomic mass is 35.5. The van der Waals surface area contributed by atoms with Crippen LogP contribution < -0.4 is 16.2 Å². The van der Waals surface area contributed by atoms with E-state index in [9.17, 15) is 14.4 Å².